The van der Waals surface area contributed by atoms with Crippen molar-refractivity contribution in [3.8, 4) is 5.75 Å². The average Bonchev–Trinajstić information content (AvgIpc) is 2.92. The molecule has 20 heavy (non-hydrogen) atoms. The molecule has 1 aromatic rings. The molecule has 4 nitrogen and oxygen atoms in total. The van der Waals surface area contributed by atoms with Gasteiger partial charge in [-0.2, -0.15) is 11.8 Å². The topological polar surface area (TPSA) is 64.3 Å². The van der Waals surface area contributed by atoms with Gasteiger partial charge in [0.1, 0.15) is 5.75 Å². The number of anilines is 1. The first-order chi connectivity index (χ1) is 9.63. The maximum atomic E-state index is 11.8. The van der Waals surface area contributed by atoms with E-state index in [1.165, 1.54) is 25.7 Å². The predicted molar refractivity (Wildman–Crippen MR) is 84.1 cm³/mol. The van der Waals surface area contributed by atoms with Crippen LogP contribution in [0.4, 0.5) is 5.69 Å². The van der Waals surface area contributed by atoms with E-state index < -0.39 is 0 Å². The van der Waals surface area contributed by atoms with Crippen molar-refractivity contribution in [2.24, 2.45) is 0 Å². The smallest absolute Gasteiger partial charge is 0.257 e. The highest BCUT2D eigenvalue weighted by atomic mass is 32.2. The Hall–Kier alpha value is -1.36. The number of rotatable bonds is 6. The van der Waals surface area contributed by atoms with Crippen molar-refractivity contribution in [1.82, 2.24) is 5.32 Å². The number of hydrogen-bond acceptors (Lipinski definition) is 4. The summed E-state index contributed by atoms with van der Waals surface area (Å²) in [6.45, 7) is 0.765. The van der Waals surface area contributed by atoms with Gasteiger partial charge in [-0.3, -0.25) is 4.79 Å². The van der Waals surface area contributed by atoms with Gasteiger partial charge in [-0.15, -0.1) is 0 Å². The summed E-state index contributed by atoms with van der Waals surface area (Å²) in [5, 5.41) is 2.99. The Bertz CT molecular complexity index is 459. The molecular formula is C15H22N2O2S. The highest BCUT2D eigenvalue weighted by molar-refractivity contribution is 8.00. The molecule has 1 amide bonds. The number of hydrogen-bond donors (Lipinski definition) is 2. The van der Waals surface area contributed by atoms with Gasteiger partial charge in [0.05, 0.1) is 0 Å². The van der Waals surface area contributed by atoms with Crippen molar-refractivity contribution in [3.05, 3.63) is 24.3 Å². The molecule has 0 bridgehead atoms. The fourth-order valence-electron chi connectivity index (χ4n) is 2.54. The molecule has 1 saturated carbocycles. The lowest BCUT2D eigenvalue weighted by Gasteiger charge is -2.26. The van der Waals surface area contributed by atoms with E-state index >= 15 is 0 Å². The van der Waals surface area contributed by atoms with Crippen LogP contribution in [0.15, 0.2) is 24.3 Å². The number of nitrogens with one attached hydrogen (secondary N) is 1. The van der Waals surface area contributed by atoms with Crippen LogP contribution < -0.4 is 15.8 Å². The molecule has 0 aliphatic heterocycles. The van der Waals surface area contributed by atoms with E-state index in [4.69, 9.17) is 10.5 Å². The van der Waals surface area contributed by atoms with Crippen LogP contribution in [0.1, 0.15) is 25.7 Å². The van der Waals surface area contributed by atoms with Gasteiger partial charge in [0.25, 0.3) is 5.91 Å². The Morgan fingerprint density at radius 3 is 2.85 bits per heavy atom. The van der Waals surface area contributed by atoms with Crippen LogP contribution in [-0.4, -0.2) is 30.1 Å². The first-order valence-electron chi connectivity index (χ1n) is 6.94. The molecule has 1 aromatic carbocycles. The van der Waals surface area contributed by atoms with Crippen LogP contribution in [0.5, 0.6) is 5.75 Å². The summed E-state index contributed by atoms with van der Waals surface area (Å²) in [5.74, 6) is 0.549. The summed E-state index contributed by atoms with van der Waals surface area (Å²) in [4.78, 5) is 11.8. The SMILES string of the molecule is CSC1(CNC(=O)COc2cccc(N)c2)CCCC1. The average molecular weight is 294 g/mol. The van der Waals surface area contributed by atoms with Gasteiger partial charge in [-0.05, 0) is 31.2 Å². The number of amides is 1. The molecule has 5 heteroatoms. The minimum absolute atomic E-state index is 0.0356. The number of benzene rings is 1. The second-order valence-corrected chi connectivity index (χ2v) is 6.51. The molecule has 3 N–H and O–H groups in total. The molecule has 1 aliphatic carbocycles. The van der Waals surface area contributed by atoms with Crippen molar-refractivity contribution in [3.63, 3.8) is 0 Å². The summed E-state index contributed by atoms with van der Waals surface area (Å²) in [6, 6.07) is 7.11. The lowest BCUT2D eigenvalue weighted by Crippen LogP contribution is -2.40. The minimum Gasteiger partial charge on any atom is -0.484 e. The molecule has 0 heterocycles. The molecule has 0 radical (unpaired) electrons. The van der Waals surface area contributed by atoms with E-state index in [1.807, 2.05) is 17.8 Å². The largest absolute Gasteiger partial charge is 0.484 e. The first kappa shape index (κ1) is 15.0. The third-order valence-corrected chi connectivity index (χ3v) is 5.20. The van der Waals surface area contributed by atoms with E-state index in [9.17, 15) is 4.79 Å². The first-order valence-corrected chi connectivity index (χ1v) is 8.16. The zero-order valence-electron chi connectivity index (χ0n) is 11.9. The molecule has 0 aromatic heterocycles. The van der Waals surface area contributed by atoms with Gasteiger partial charge < -0.3 is 15.8 Å². The molecule has 0 saturated heterocycles. The summed E-state index contributed by atoms with van der Waals surface area (Å²) in [5.41, 5.74) is 6.29. The predicted octanol–water partition coefficient (Wildman–Crippen LogP) is 2.44. The van der Waals surface area contributed by atoms with E-state index in [-0.39, 0.29) is 17.3 Å². The van der Waals surface area contributed by atoms with Crippen LogP contribution >= 0.6 is 11.8 Å². The van der Waals surface area contributed by atoms with Crippen molar-refractivity contribution >= 4 is 23.4 Å². The number of carbonyl (C=O) groups is 1. The highest BCUT2D eigenvalue weighted by Crippen LogP contribution is 2.39. The van der Waals surface area contributed by atoms with Crippen molar-refractivity contribution in [2.75, 3.05) is 25.1 Å². The summed E-state index contributed by atoms with van der Waals surface area (Å²) in [6.07, 6.45) is 7.02. The van der Waals surface area contributed by atoms with Gasteiger partial charge in [-0.25, -0.2) is 0 Å². The Morgan fingerprint density at radius 1 is 1.45 bits per heavy atom. The molecule has 0 spiro atoms. The molecule has 0 atom stereocenters. The normalized spacial score (nSPS) is 16.9. The van der Waals surface area contributed by atoms with Gasteiger partial charge in [-0.1, -0.05) is 18.9 Å². The Kier molecular flexibility index (Phi) is 5.17. The number of nitrogen functional groups attached to an aromatic ring is 1. The molecule has 1 fully saturated rings. The summed E-state index contributed by atoms with van der Waals surface area (Å²) < 4.78 is 5.66. The van der Waals surface area contributed by atoms with Crippen molar-refractivity contribution in [2.45, 2.75) is 30.4 Å². The van der Waals surface area contributed by atoms with Crippen LogP contribution in [0.2, 0.25) is 0 Å². The summed E-state index contributed by atoms with van der Waals surface area (Å²) >= 11 is 1.87. The zero-order valence-corrected chi connectivity index (χ0v) is 12.7. The van der Waals surface area contributed by atoms with Gasteiger partial charge >= 0.3 is 0 Å². The molecule has 110 valence electrons. The molecular weight excluding hydrogens is 272 g/mol. The lowest BCUT2D eigenvalue weighted by molar-refractivity contribution is -0.123. The number of nitrogens with two attached hydrogens (primary N) is 1. The second-order valence-electron chi connectivity index (χ2n) is 5.23. The molecule has 1 aliphatic rings. The highest BCUT2D eigenvalue weighted by Gasteiger charge is 2.33. The quantitative estimate of drug-likeness (QED) is 0.791. The third kappa shape index (κ3) is 4.07. The van der Waals surface area contributed by atoms with Crippen LogP contribution in [-0.2, 0) is 4.79 Å². The molecule has 0 unspecified atom stereocenters. The number of carbonyl (C=O) groups excluding carboxylic acids is 1. The van der Waals surface area contributed by atoms with Gasteiger partial charge in [0.2, 0.25) is 0 Å². The van der Waals surface area contributed by atoms with Crippen LogP contribution in [0.25, 0.3) is 0 Å². The zero-order chi connectivity index (χ0) is 14.4. The van der Waals surface area contributed by atoms with Crippen LogP contribution in [0, 0.1) is 0 Å². The maximum absolute atomic E-state index is 11.8. The van der Waals surface area contributed by atoms with E-state index in [0.717, 1.165) is 6.54 Å². The third-order valence-electron chi connectivity index (χ3n) is 3.78. The van der Waals surface area contributed by atoms with Gasteiger partial charge in [0.15, 0.2) is 6.61 Å². The second kappa shape index (κ2) is 6.88. The van der Waals surface area contributed by atoms with E-state index in [0.29, 0.717) is 11.4 Å². The Labute approximate surface area is 124 Å². The fourth-order valence-corrected chi connectivity index (χ4v) is 3.45. The van der Waals surface area contributed by atoms with E-state index in [2.05, 4.69) is 11.6 Å². The lowest BCUT2D eigenvalue weighted by atomic mass is 10.1. The van der Waals surface area contributed by atoms with Crippen molar-refractivity contribution < 1.29 is 9.53 Å². The molecule has 2 rings (SSSR count). The Balaban J connectivity index is 1.75. The van der Waals surface area contributed by atoms with Crippen molar-refractivity contribution in [1.29, 1.82) is 0 Å². The number of thioether (sulfide) groups is 1. The Morgan fingerprint density at radius 2 is 2.20 bits per heavy atom. The monoisotopic (exact) mass is 294 g/mol. The fraction of sp³-hybridized carbons (Fsp3) is 0.533. The standard InChI is InChI=1S/C15H22N2O2S/c1-20-15(7-2-3-8-15)11-17-14(18)10-19-13-6-4-5-12(16)9-13/h4-6,9H,2-3,7-8,10-11,16H2,1H3,(H,17,18). The van der Waals surface area contributed by atoms with Gasteiger partial charge in [0, 0.05) is 23.0 Å². The van der Waals surface area contributed by atoms with Crippen LogP contribution in [0.3, 0.4) is 0 Å². The summed E-state index contributed by atoms with van der Waals surface area (Å²) in [7, 11) is 0. The maximum Gasteiger partial charge on any atom is 0.257 e. The number of ether oxygens (including phenoxy) is 1. The van der Waals surface area contributed by atoms with E-state index in [1.54, 1.807) is 18.2 Å². The minimum atomic E-state index is -0.0762.